The molecule has 3 heterocycles. The number of ether oxygens (including phenoxy) is 1. The molecule has 1 aromatic carbocycles. The number of nitrogens with zero attached hydrogens (tertiary/aromatic N) is 3. The lowest BCUT2D eigenvalue weighted by molar-refractivity contribution is 0.1000. The zero-order valence-corrected chi connectivity index (χ0v) is 14.3. The van der Waals surface area contributed by atoms with Crippen molar-refractivity contribution in [3.63, 3.8) is 0 Å². The minimum atomic E-state index is -0.464. The normalized spacial score (nSPS) is 13.3. The third-order valence-electron chi connectivity index (χ3n) is 4.52. The standard InChI is InChI=1S/C19H18N4O3/c1-25-14-4-2-3-12(9-14)18-15-11-23(8-6-16(15)26-22-18)17-10-13(19(20)24)5-7-21-17/h2-5,7,9-10H,6,8,11H2,1H3,(H2,20,24). The average molecular weight is 350 g/mol. The van der Waals surface area contributed by atoms with Crippen LogP contribution in [0.5, 0.6) is 5.75 Å². The maximum absolute atomic E-state index is 11.4. The Morgan fingerprint density at radius 2 is 2.19 bits per heavy atom. The molecule has 0 atom stereocenters. The first kappa shape index (κ1) is 16.1. The van der Waals surface area contributed by atoms with Crippen LogP contribution in [0.3, 0.4) is 0 Å². The van der Waals surface area contributed by atoms with Gasteiger partial charge in [0, 0.05) is 35.9 Å². The first-order valence-corrected chi connectivity index (χ1v) is 8.28. The molecule has 2 aromatic heterocycles. The molecule has 26 heavy (non-hydrogen) atoms. The Labute approximate surface area is 150 Å². The van der Waals surface area contributed by atoms with Gasteiger partial charge in [0.1, 0.15) is 23.0 Å². The fraction of sp³-hybridized carbons (Fsp3) is 0.211. The molecule has 1 aliphatic rings. The van der Waals surface area contributed by atoms with E-state index in [1.165, 1.54) is 0 Å². The number of amides is 1. The number of carbonyl (C=O) groups is 1. The molecular formula is C19H18N4O3. The zero-order valence-electron chi connectivity index (χ0n) is 14.3. The van der Waals surface area contributed by atoms with Crippen molar-refractivity contribution in [2.45, 2.75) is 13.0 Å². The molecule has 4 rings (SSSR count). The van der Waals surface area contributed by atoms with E-state index < -0.39 is 5.91 Å². The van der Waals surface area contributed by atoms with Gasteiger partial charge in [-0.3, -0.25) is 4.79 Å². The summed E-state index contributed by atoms with van der Waals surface area (Å²) in [4.78, 5) is 17.9. The maximum Gasteiger partial charge on any atom is 0.248 e. The second kappa shape index (κ2) is 6.51. The number of hydrogen-bond donors (Lipinski definition) is 1. The summed E-state index contributed by atoms with van der Waals surface area (Å²) < 4.78 is 10.8. The molecule has 0 saturated heterocycles. The summed E-state index contributed by atoms with van der Waals surface area (Å²) in [5.41, 5.74) is 8.59. The lowest BCUT2D eigenvalue weighted by Gasteiger charge is -2.27. The van der Waals surface area contributed by atoms with Crippen LogP contribution < -0.4 is 15.4 Å². The molecule has 7 nitrogen and oxygen atoms in total. The lowest BCUT2D eigenvalue weighted by atomic mass is 10.0. The van der Waals surface area contributed by atoms with Gasteiger partial charge in [0.05, 0.1) is 13.7 Å². The minimum Gasteiger partial charge on any atom is -0.497 e. The molecule has 132 valence electrons. The van der Waals surface area contributed by atoms with E-state index in [0.717, 1.165) is 41.3 Å². The molecular weight excluding hydrogens is 332 g/mol. The van der Waals surface area contributed by atoms with Crippen LogP contribution in [0.2, 0.25) is 0 Å². The van der Waals surface area contributed by atoms with E-state index in [2.05, 4.69) is 15.0 Å². The number of rotatable bonds is 4. The van der Waals surface area contributed by atoms with E-state index in [1.807, 2.05) is 24.3 Å². The van der Waals surface area contributed by atoms with Crippen LogP contribution in [0.15, 0.2) is 47.1 Å². The summed E-state index contributed by atoms with van der Waals surface area (Å²) in [5, 5.41) is 4.27. The van der Waals surface area contributed by atoms with Gasteiger partial charge in [-0.1, -0.05) is 17.3 Å². The van der Waals surface area contributed by atoms with E-state index in [4.69, 9.17) is 15.0 Å². The topological polar surface area (TPSA) is 94.5 Å². The second-order valence-electron chi connectivity index (χ2n) is 6.10. The van der Waals surface area contributed by atoms with Crippen molar-refractivity contribution in [1.82, 2.24) is 10.1 Å². The number of nitrogens with two attached hydrogens (primary N) is 1. The Balaban J connectivity index is 1.67. The smallest absolute Gasteiger partial charge is 0.248 e. The molecule has 3 aromatic rings. The van der Waals surface area contributed by atoms with Gasteiger partial charge in [-0.05, 0) is 24.3 Å². The SMILES string of the molecule is COc1cccc(-c2noc3c2CN(c2cc(C(N)=O)ccn2)CC3)c1. The molecule has 7 heteroatoms. The van der Waals surface area contributed by atoms with Gasteiger partial charge in [-0.15, -0.1) is 0 Å². The van der Waals surface area contributed by atoms with Crippen molar-refractivity contribution in [2.24, 2.45) is 5.73 Å². The molecule has 0 saturated carbocycles. The van der Waals surface area contributed by atoms with Crippen LogP contribution in [0.1, 0.15) is 21.7 Å². The third-order valence-corrected chi connectivity index (χ3v) is 4.52. The Bertz CT molecular complexity index is 967. The second-order valence-corrected chi connectivity index (χ2v) is 6.10. The minimum absolute atomic E-state index is 0.444. The molecule has 0 bridgehead atoms. The number of benzene rings is 1. The van der Waals surface area contributed by atoms with Gasteiger partial charge in [0.2, 0.25) is 5.91 Å². The van der Waals surface area contributed by atoms with E-state index >= 15 is 0 Å². The molecule has 0 spiro atoms. The zero-order chi connectivity index (χ0) is 18.1. The quantitative estimate of drug-likeness (QED) is 0.776. The Kier molecular flexibility index (Phi) is 4.04. The van der Waals surface area contributed by atoms with E-state index in [-0.39, 0.29) is 0 Å². The lowest BCUT2D eigenvalue weighted by Crippen LogP contribution is -2.31. The summed E-state index contributed by atoms with van der Waals surface area (Å²) in [7, 11) is 1.64. The van der Waals surface area contributed by atoms with Gasteiger partial charge in [0.15, 0.2) is 0 Å². The highest BCUT2D eigenvalue weighted by molar-refractivity contribution is 5.93. The van der Waals surface area contributed by atoms with Gasteiger partial charge < -0.3 is 19.9 Å². The highest BCUT2D eigenvalue weighted by atomic mass is 16.5. The first-order chi connectivity index (χ1) is 12.7. The summed E-state index contributed by atoms with van der Waals surface area (Å²) in [6, 6.07) is 11.1. The van der Waals surface area contributed by atoms with E-state index in [9.17, 15) is 4.79 Å². The van der Waals surface area contributed by atoms with Crippen molar-refractivity contribution in [2.75, 3.05) is 18.6 Å². The summed E-state index contributed by atoms with van der Waals surface area (Å²) >= 11 is 0. The highest BCUT2D eigenvalue weighted by Gasteiger charge is 2.26. The van der Waals surface area contributed by atoms with Gasteiger partial charge in [-0.2, -0.15) is 0 Å². The number of anilines is 1. The summed E-state index contributed by atoms with van der Waals surface area (Å²) in [6.45, 7) is 1.33. The number of fused-ring (bicyclic) bond motifs is 1. The number of hydrogen-bond acceptors (Lipinski definition) is 6. The van der Waals surface area contributed by atoms with E-state index in [0.29, 0.717) is 17.9 Å². The number of pyridine rings is 1. The van der Waals surface area contributed by atoms with Crippen LogP contribution in [0.4, 0.5) is 5.82 Å². The van der Waals surface area contributed by atoms with Crippen molar-refractivity contribution < 1.29 is 14.1 Å². The van der Waals surface area contributed by atoms with E-state index in [1.54, 1.807) is 25.4 Å². The number of methoxy groups -OCH3 is 1. The van der Waals surface area contributed by atoms with Crippen molar-refractivity contribution in [3.8, 4) is 17.0 Å². The summed E-state index contributed by atoms with van der Waals surface area (Å²) in [6.07, 6.45) is 2.32. The molecule has 1 amide bonds. The van der Waals surface area contributed by atoms with Crippen LogP contribution >= 0.6 is 0 Å². The molecule has 0 fully saturated rings. The van der Waals surface area contributed by atoms with Gasteiger partial charge >= 0.3 is 0 Å². The van der Waals surface area contributed by atoms with Crippen LogP contribution in [-0.4, -0.2) is 29.7 Å². The molecule has 0 radical (unpaired) electrons. The Hall–Kier alpha value is -3.35. The molecule has 2 N–H and O–H groups in total. The van der Waals surface area contributed by atoms with Gasteiger partial charge in [-0.25, -0.2) is 4.98 Å². The predicted octanol–water partition coefficient (Wildman–Crippen LogP) is 2.41. The van der Waals surface area contributed by atoms with Crippen LogP contribution in [0, 0.1) is 0 Å². The maximum atomic E-state index is 11.4. The monoisotopic (exact) mass is 350 g/mol. The first-order valence-electron chi connectivity index (χ1n) is 8.28. The number of carbonyl (C=O) groups excluding carboxylic acids is 1. The Morgan fingerprint density at radius 3 is 3.00 bits per heavy atom. The highest BCUT2D eigenvalue weighted by Crippen LogP contribution is 2.32. The molecule has 0 unspecified atom stereocenters. The fourth-order valence-corrected chi connectivity index (χ4v) is 3.15. The Morgan fingerprint density at radius 1 is 1.31 bits per heavy atom. The third kappa shape index (κ3) is 2.88. The average Bonchev–Trinajstić information content (AvgIpc) is 3.11. The van der Waals surface area contributed by atoms with Crippen molar-refractivity contribution >= 4 is 11.7 Å². The van der Waals surface area contributed by atoms with Crippen molar-refractivity contribution in [3.05, 3.63) is 59.5 Å². The summed E-state index contributed by atoms with van der Waals surface area (Å²) in [5.74, 6) is 1.89. The predicted molar refractivity (Wildman–Crippen MR) is 96.0 cm³/mol. The fourth-order valence-electron chi connectivity index (χ4n) is 3.15. The van der Waals surface area contributed by atoms with Crippen molar-refractivity contribution in [1.29, 1.82) is 0 Å². The van der Waals surface area contributed by atoms with Crippen LogP contribution in [-0.2, 0) is 13.0 Å². The largest absolute Gasteiger partial charge is 0.497 e. The number of primary amides is 1. The van der Waals surface area contributed by atoms with Gasteiger partial charge in [0.25, 0.3) is 0 Å². The molecule has 0 aliphatic carbocycles. The molecule has 1 aliphatic heterocycles. The number of aromatic nitrogens is 2. The van der Waals surface area contributed by atoms with Crippen LogP contribution in [0.25, 0.3) is 11.3 Å².